The number of Topliss-reactive ketones (excluding diaryl/α,β-unsaturated/α-hetero) is 1. The van der Waals surface area contributed by atoms with Gasteiger partial charge in [0.05, 0.1) is 11.6 Å². The average Bonchev–Trinajstić information content (AvgIpc) is 2.83. The van der Waals surface area contributed by atoms with Gasteiger partial charge >= 0.3 is 0 Å². The van der Waals surface area contributed by atoms with Crippen LogP contribution in [0, 0.1) is 5.92 Å². The molecule has 0 fully saturated rings. The van der Waals surface area contributed by atoms with Crippen molar-refractivity contribution in [3.05, 3.63) is 63.6 Å². The molecule has 0 radical (unpaired) electrons. The molecule has 5 heteroatoms. The predicted molar refractivity (Wildman–Crippen MR) is 98.6 cm³/mol. The summed E-state index contributed by atoms with van der Waals surface area (Å²) in [7, 11) is 0. The van der Waals surface area contributed by atoms with Gasteiger partial charge in [0, 0.05) is 22.1 Å². The third kappa shape index (κ3) is 2.22. The summed E-state index contributed by atoms with van der Waals surface area (Å²) >= 11 is 3.42. The lowest BCUT2D eigenvalue weighted by atomic mass is 9.71. The van der Waals surface area contributed by atoms with E-state index < -0.39 is 17.4 Å². The van der Waals surface area contributed by atoms with Gasteiger partial charge in [-0.25, -0.2) is 0 Å². The number of aryl methyl sites for hydroxylation is 1. The molecule has 1 N–H and O–H groups in total. The molecule has 2 aromatic carbocycles. The van der Waals surface area contributed by atoms with Crippen molar-refractivity contribution in [3.63, 3.8) is 0 Å². The molecule has 2 atom stereocenters. The standard InChI is InChI=1S/C20H18BrNO3/c1-2-22-17-10-8-13(21)11-16(17)20(25,19(22)24)15-9-7-12-5-3-4-6-14(12)18(15)23/h3-6,8,10-11,15,25H,2,7,9H2,1H3. The maximum absolute atomic E-state index is 13.1. The van der Waals surface area contributed by atoms with Crippen LogP contribution in [0.25, 0.3) is 0 Å². The Morgan fingerprint density at radius 2 is 2.00 bits per heavy atom. The van der Waals surface area contributed by atoms with E-state index in [2.05, 4.69) is 15.9 Å². The van der Waals surface area contributed by atoms with Crippen molar-refractivity contribution in [1.29, 1.82) is 0 Å². The lowest BCUT2D eigenvalue weighted by Gasteiger charge is -2.34. The highest BCUT2D eigenvalue weighted by molar-refractivity contribution is 9.10. The Balaban J connectivity index is 1.87. The quantitative estimate of drug-likeness (QED) is 0.840. The summed E-state index contributed by atoms with van der Waals surface area (Å²) in [5.41, 5.74) is 1.00. The van der Waals surface area contributed by atoms with Crippen molar-refractivity contribution in [2.75, 3.05) is 11.4 Å². The molecule has 1 aliphatic carbocycles. The van der Waals surface area contributed by atoms with Gasteiger partial charge in [0.1, 0.15) is 0 Å². The van der Waals surface area contributed by atoms with E-state index in [1.807, 2.05) is 37.3 Å². The van der Waals surface area contributed by atoms with Gasteiger partial charge in [-0.1, -0.05) is 40.2 Å². The number of amides is 1. The summed E-state index contributed by atoms with van der Waals surface area (Å²) < 4.78 is 0.777. The summed E-state index contributed by atoms with van der Waals surface area (Å²) in [6.45, 7) is 2.32. The predicted octanol–water partition coefficient (Wildman–Crippen LogP) is 3.45. The fourth-order valence-corrected chi connectivity index (χ4v) is 4.49. The number of benzene rings is 2. The maximum Gasteiger partial charge on any atom is 0.264 e. The zero-order valence-corrected chi connectivity index (χ0v) is 15.4. The second-order valence-corrected chi connectivity index (χ2v) is 7.51. The highest BCUT2D eigenvalue weighted by Gasteiger charge is 2.57. The third-order valence-electron chi connectivity index (χ3n) is 5.35. The molecule has 128 valence electrons. The Kier molecular flexibility index (Phi) is 3.81. The summed E-state index contributed by atoms with van der Waals surface area (Å²) in [5.74, 6) is -1.32. The minimum absolute atomic E-state index is 0.151. The van der Waals surface area contributed by atoms with E-state index in [4.69, 9.17) is 0 Å². The van der Waals surface area contributed by atoms with Crippen LogP contribution in [0.15, 0.2) is 46.9 Å². The third-order valence-corrected chi connectivity index (χ3v) is 5.85. The van der Waals surface area contributed by atoms with E-state index in [1.54, 1.807) is 17.0 Å². The largest absolute Gasteiger partial charge is 0.375 e. The number of halogens is 1. The van der Waals surface area contributed by atoms with Crippen LogP contribution < -0.4 is 4.90 Å². The van der Waals surface area contributed by atoms with E-state index in [-0.39, 0.29) is 5.78 Å². The van der Waals surface area contributed by atoms with Crippen molar-refractivity contribution >= 4 is 33.3 Å². The summed E-state index contributed by atoms with van der Waals surface area (Å²) in [6.07, 6.45) is 1.14. The van der Waals surface area contributed by atoms with Gasteiger partial charge < -0.3 is 10.0 Å². The van der Waals surface area contributed by atoms with Crippen molar-refractivity contribution in [1.82, 2.24) is 0 Å². The second-order valence-electron chi connectivity index (χ2n) is 6.59. The first-order valence-corrected chi connectivity index (χ1v) is 9.24. The summed E-state index contributed by atoms with van der Waals surface area (Å²) in [4.78, 5) is 27.8. The van der Waals surface area contributed by atoms with Gasteiger partial charge in [0.2, 0.25) is 0 Å². The Morgan fingerprint density at radius 1 is 1.24 bits per heavy atom. The number of fused-ring (bicyclic) bond motifs is 2. The minimum atomic E-state index is -1.81. The van der Waals surface area contributed by atoms with Crippen LogP contribution >= 0.6 is 15.9 Å². The summed E-state index contributed by atoms with van der Waals surface area (Å²) in [6, 6.07) is 12.9. The molecular weight excluding hydrogens is 382 g/mol. The number of rotatable bonds is 2. The van der Waals surface area contributed by atoms with E-state index in [0.29, 0.717) is 36.2 Å². The average molecular weight is 400 g/mol. The van der Waals surface area contributed by atoms with Crippen molar-refractivity contribution in [2.24, 2.45) is 5.92 Å². The van der Waals surface area contributed by atoms with Crippen LogP contribution in [0.3, 0.4) is 0 Å². The van der Waals surface area contributed by atoms with Crippen LogP contribution in [0.4, 0.5) is 5.69 Å². The van der Waals surface area contributed by atoms with Gasteiger partial charge in [-0.2, -0.15) is 0 Å². The zero-order valence-electron chi connectivity index (χ0n) is 13.8. The van der Waals surface area contributed by atoms with E-state index in [0.717, 1.165) is 10.0 Å². The molecular formula is C20H18BrNO3. The number of carbonyl (C=O) groups is 2. The number of nitrogens with zero attached hydrogens (tertiary/aromatic N) is 1. The Morgan fingerprint density at radius 3 is 2.76 bits per heavy atom. The Hall–Kier alpha value is -1.98. The number of aliphatic hydroxyl groups is 1. The molecule has 1 amide bonds. The molecule has 4 rings (SSSR count). The minimum Gasteiger partial charge on any atom is -0.375 e. The van der Waals surface area contributed by atoms with E-state index in [9.17, 15) is 14.7 Å². The molecule has 0 bridgehead atoms. The van der Waals surface area contributed by atoms with E-state index in [1.165, 1.54) is 0 Å². The number of likely N-dealkylation sites (N-methyl/N-ethyl adjacent to an activating group) is 1. The van der Waals surface area contributed by atoms with Crippen LogP contribution in [-0.4, -0.2) is 23.3 Å². The molecule has 2 aromatic rings. The fraction of sp³-hybridized carbons (Fsp3) is 0.300. The van der Waals surface area contributed by atoms with Crippen LogP contribution in [0.1, 0.15) is 34.8 Å². The molecule has 2 unspecified atom stereocenters. The first kappa shape index (κ1) is 16.5. The second kappa shape index (κ2) is 5.78. The smallest absolute Gasteiger partial charge is 0.264 e. The number of ketones is 1. The number of carbonyl (C=O) groups excluding carboxylic acids is 2. The zero-order chi connectivity index (χ0) is 17.8. The first-order valence-electron chi connectivity index (χ1n) is 8.45. The van der Waals surface area contributed by atoms with Crippen molar-refractivity contribution < 1.29 is 14.7 Å². The molecule has 0 spiro atoms. The van der Waals surface area contributed by atoms with E-state index >= 15 is 0 Å². The Labute approximate surface area is 154 Å². The molecule has 25 heavy (non-hydrogen) atoms. The van der Waals surface area contributed by atoms with Gasteiger partial charge in [-0.3, -0.25) is 9.59 Å². The lowest BCUT2D eigenvalue weighted by Crippen LogP contribution is -2.49. The van der Waals surface area contributed by atoms with Gasteiger partial charge in [0.25, 0.3) is 5.91 Å². The molecule has 4 nitrogen and oxygen atoms in total. The number of anilines is 1. The molecule has 0 saturated heterocycles. The van der Waals surface area contributed by atoms with Crippen LogP contribution in [-0.2, 0) is 16.8 Å². The van der Waals surface area contributed by atoms with Crippen LogP contribution in [0.2, 0.25) is 0 Å². The lowest BCUT2D eigenvalue weighted by molar-refractivity contribution is -0.140. The molecule has 2 aliphatic rings. The maximum atomic E-state index is 13.1. The monoisotopic (exact) mass is 399 g/mol. The van der Waals surface area contributed by atoms with Gasteiger partial charge in [0.15, 0.2) is 11.4 Å². The highest BCUT2D eigenvalue weighted by Crippen LogP contribution is 2.48. The Bertz CT molecular complexity index is 894. The molecule has 1 aliphatic heterocycles. The van der Waals surface area contributed by atoms with Crippen LogP contribution in [0.5, 0.6) is 0 Å². The summed E-state index contributed by atoms with van der Waals surface area (Å²) in [5, 5.41) is 11.5. The number of hydrogen-bond acceptors (Lipinski definition) is 3. The molecule has 0 saturated carbocycles. The number of hydrogen-bond donors (Lipinski definition) is 1. The normalized spacial score (nSPS) is 25.1. The molecule has 1 heterocycles. The van der Waals surface area contributed by atoms with Gasteiger partial charge in [-0.05, 0) is 43.5 Å². The molecule has 0 aromatic heterocycles. The topological polar surface area (TPSA) is 57.6 Å². The SMILES string of the molecule is CCN1C(=O)C(O)(C2CCc3ccccc3C2=O)c2cc(Br)ccc21. The van der Waals surface area contributed by atoms with Crippen molar-refractivity contribution in [3.8, 4) is 0 Å². The first-order chi connectivity index (χ1) is 12.0. The van der Waals surface area contributed by atoms with Crippen molar-refractivity contribution in [2.45, 2.75) is 25.4 Å². The van der Waals surface area contributed by atoms with Gasteiger partial charge in [-0.15, -0.1) is 0 Å². The fourth-order valence-electron chi connectivity index (χ4n) is 4.13. The highest BCUT2D eigenvalue weighted by atomic mass is 79.9.